The lowest BCUT2D eigenvalue weighted by molar-refractivity contribution is -0.127. The summed E-state index contributed by atoms with van der Waals surface area (Å²) in [5.41, 5.74) is 5.55. The maximum atomic E-state index is 10.7. The number of ether oxygens (including phenoxy) is 1. The predicted molar refractivity (Wildman–Crippen MR) is 76.3 cm³/mol. The second-order valence-corrected chi connectivity index (χ2v) is 5.06. The average molecular weight is 291 g/mol. The quantitative estimate of drug-likeness (QED) is 0.280. The van der Waals surface area contributed by atoms with Crippen LogP contribution in [0.4, 0.5) is 0 Å². The van der Waals surface area contributed by atoms with E-state index in [4.69, 9.17) is 15.6 Å². The zero-order valence-electron chi connectivity index (χ0n) is 12.3. The Morgan fingerprint density at radius 3 is 2.30 bits per heavy atom. The standard InChI is InChI=1S/C14H29NO5/c1-2-3-4-5-6-7-8-20-14(11(15)9-16)13(19)12(18)10-17/h9,11-14,17-19H,2-8,10,15H2,1H3. The number of carbonyl (C=O) groups is 1. The lowest BCUT2D eigenvalue weighted by atomic mass is 10.0. The highest BCUT2D eigenvalue weighted by Gasteiger charge is 2.31. The minimum Gasteiger partial charge on any atom is -0.394 e. The third-order valence-corrected chi connectivity index (χ3v) is 3.26. The zero-order valence-corrected chi connectivity index (χ0v) is 12.3. The second kappa shape index (κ2) is 12.2. The summed E-state index contributed by atoms with van der Waals surface area (Å²) >= 11 is 0. The maximum absolute atomic E-state index is 10.7. The van der Waals surface area contributed by atoms with Crippen LogP contribution in [0, 0.1) is 0 Å². The van der Waals surface area contributed by atoms with Crippen LogP contribution in [0.5, 0.6) is 0 Å². The SMILES string of the molecule is CCCCCCCCOC(C(N)C=O)C(O)C(O)CO. The summed E-state index contributed by atoms with van der Waals surface area (Å²) in [7, 11) is 0. The number of rotatable bonds is 13. The van der Waals surface area contributed by atoms with Gasteiger partial charge in [-0.3, -0.25) is 0 Å². The fourth-order valence-electron chi connectivity index (χ4n) is 1.94. The number of aldehydes is 1. The van der Waals surface area contributed by atoms with Crippen molar-refractivity contribution in [3.05, 3.63) is 0 Å². The first-order valence-electron chi connectivity index (χ1n) is 7.37. The van der Waals surface area contributed by atoms with E-state index in [-0.39, 0.29) is 0 Å². The van der Waals surface area contributed by atoms with Gasteiger partial charge in [-0.05, 0) is 6.42 Å². The van der Waals surface area contributed by atoms with Gasteiger partial charge < -0.3 is 30.6 Å². The van der Waals surface area contributed by atoms with Crippen molar-refractivity contribution < 1.29 is 24.9 Å². The summed E-state index contributed by atoms with van der Waals surface area (Å²) in [5, 5.41) is 28.0. The van der Waals surface area contributed by atoms with Crippen LogP contribution in [-0.4, -0.2) is 59.2 Å². The van der Waals surface area contributed by atoms with Gasteiger partial charge >= 0.3 is 0 Å². The Balaban J connectivity index is 4.02. The zero-order chi connectivity index (χ0) is 15.4. The van der Waals surface area contributed by atoms with E-state index < -0.39 is 31.0 Å². The largest absolute Gasteiger partial charge is 0.394 e. The van der Waals surface area contributed by atoms with Gasteiger partial charge in [0.2, 0.25) is 0 Å². The van der Waals surface area contributed by atoms with Crippen molar-refractivity contribution in [1.82, 2.24) is 0 Å². The van der Waals surface area contributed by atoms with E-state index in [1.54, 1.807) is 0 Å². The van der Waals surface area contributed by atoms with Crippen LogP contribution in [0.15, 0.2) is 0 Å². The normalized spacial score (nSPS) is 17.4. The van der Waals surface area contributed by atoms with Crippen molar-refractivity contribution in [2.24, 2.45) is 5.73 Å². The van der Waals surface area contributed by atoms with Crippen LogP contribution < -0.4 is 5.73 Å². The number of aliphatic hydroxyl groups excluding tert-OH is 3. The third-order valence-electron chi connectivity index (χ3n) is 3.26. The molecule has 0 fully saturated rings. The van der Waals surface area contributed by atoms with Crippen LogP contribution in [0.3, 0.4) is 0 Å². The van der Waals surface area contributed by atoms with E-state index in [1.807, 2.05) is 0 Å². The topological polar surface area (TPSA) is 113 Å². The second-order valence-electron chi connectivity index (χ2n) is 5.06. The molecule has 0 spiro atoms. The number of hydrogen-bond acceptors (Lipinski definition) is 6. The minimum atomic E-state index is -1.37. The molecule has 0 radical (unpaired) electrons. The Morgan fingerprint density at radius 1 is 1.15 bits per heavy atom. The van der Waals surface area contributed by atoms with E-state index >= 15 is 0 Å². The molecule has 6 heteroatoms. The summed E-state index contributed by atoms with van der Waals surface area (Å²) in [6, 6.07) is -1.02. The van der Waals surface area contributed by atoms with Gasteiger partial charge in [-0.25, -0.2) is 0 Å². The first kappa shape index (κ1) is 19.5. The van der Waals surface area contributed by atoms with Crippen molar-refractivity contribution in [3.8, 4) is 0 Å². The molecule has 0 bridgehead atoms. The van der Waals surface area contributed by atoms with E-state index in [1.165, 1.54) is 19.3 Å². The molecule has 0 aliphatic rings. The first-order valence-corrected chi connectivity index (χ1v) is 7.37. The number of unbranched alkanes of at least 4 members (excludes halogenated alkanes) is 5. The Kier molecular flexibility index (Phi) is 11.9. The molecule has 6 nitrogen and oxygen atoms in total. The Morgan fingerprint density at radius 2 is 1.75 bits per heavy atom. The molecule has 4 atom stereocenters. The lowest BCUT2D eigenvalue weighted by Gasteiger charge is -2.28. The van der Waals surface area contributed by atoms with Gasteiger partial charge in [-0.15, -0.1) is 0 Å². The summed E-state index contributed by atoms with van der Waals surface area (Å²) in [6.45, 7) is 1.92. The molecule has 0 aromatic rings. The van der Waals surface area contributed by atoms with Crippen LogP contribution in [0.25, 0.3) is 0 Å². The number of hydrogen-bond donors (Lipinski definition) is 4. The molecule has 0 rings (SSSR count). The smallest absolute Gasteiger partial charge is 0.139 e. The molecule has 0 aromatic heterocycles. The number of nitrogens with two attached hydrogens (primary N) is 1. The molecule has 5 N–H and O–H groups in total. The Bertz CT molecular complexity index is 240. The molecule has 120 valence electrons. The van der Waals surface area contributed by atoms with Crippen LogP contribution >= 0.6 is 0 Å². The highest BCUT2D eigenvalue weighted by molar-refractivity contribution is 5.58. The van der Waals surface area contributed by atoms with Gasteiger partial charge in [0.25, 0.3) is 0 Å². The van der Waals surface area contributed by atoms with Gasteiger partial charge in [0.15, 0.2) is 0 Å². The van der Waals surface area contributed by atoms with Gasteiger partial charge in [0.05, 0.1) is 12.6 Å². The van der Waals surface area contributed by atoms with Crippen molar-refractivity contribution in [3.63, 3.8) is 0 Å². The van der Waals surface area contributed by atoms with Gasteiger partial charge in [-0.1, -0.05) is 39.0 Å². The van der Waals surface area contributed by atoms with Gasteiger partial charge in [0, 0.05) is 6.61 Å². The fraction of sp³-hybridized carbons (Fsp3) is 0.929. The van der Waals surface area contributed by atoms with Gasteiger partial charge in [0.1, 0.15) is 24.6 Å². The van der Waals surface area contributed by atoms with Crippen molar-refractivity contribution in [2.45, 2.75) is 69.8 Å². The first-order chi connectivity index (χ1) is 9.58. The van der Waals surface area contributed by atoms with Gasteiger partial charge in [-0.2, -0.15) is 0 Å². The molecule has 0 aliphatic carbocycles. The molecular formula is C14H29NO5. The number of carbonyl (C=O) groups excluding carboxylic acids is 1. The molecule has 0 aromatic carbocycles. The van der Waals surface area contributed by atoms with Crippen molar-refractivity contribution >= 4 is 6.29 Å². The molecule has 0 aliphatic heterocycles. The van der Waals surface area contributed by atoms with Crippen molar-refractivity contribution in [2.75, 3.05) is 13.2 Å². The summed E-state index contributed by atoms with van der Waals surface area (Å²) in [5.74, 6) is 0. The molecule has 0 heterocycles. The molecule has 0 amide bonds. The molecule has 0 saturated carbocycles. The molecule has 0 saturated heterocycles. The van der Waals surface area contributed by atoms with Crippen LogP contribution in [-0.2, 0) is 9.53 Å². The lowest BCUT2D eigenvalue weighted by Crippen LogP contribution is -2.51. The fourth-order valence-corrected chi connectivity index (χ4v) is 1.94. The highest BCUT2D eigenvalue weighted by Crippen LogP contribution is 2.10. The summed E-state index contributed by atoms with van der Waals surface area (Å²) in [4.78, 5) is 10.7. The van der Waals surface area contributed by atoms with E-state index in [9.17, 15) is 15.0 Å². The Hall–Kier alpha value is -0.530. The predicted octanol–water partition coefficient (Wildman–Crippen LogP) is -0.0276. The maximum Gasteiger partial charge on any atom is 0.139 e. The average Bonchev–Trinajstić information content (AvgIpc) is 2.47. The van der Waals surface area contributed by atoms with E-state index in [2.05, 4.69) is 6.92 Å². The Labute approximate surface area is 120 Å². The molecule has 20 heavy (non-hydrogen) atoms. The summed E-state index contributed by atoms with van der Waals surface area (Å²) in [6.07, 6.45) is 3.30. The highest BCUT2D eigenvalue weighted by atomic mass is 16.5. The minimum absolute atomic E-state index is 0.369. The van der Waals surface area contributed by atoms with E-state index in [0.29, 0.717) is 12.9 Å². The monoisotopic (exact) mass is 291 g/mol. The third kappa shape index (κ3) is 7.91. The van der Waals surface area contributed by atoms with Crippen molar-refractivity contribution in [1.29, 1.82) is 0 Å². The molecular weight excluding hydrogens is 262 g/mol. The molecule has 4 unspecified atom stereocenters. The summed E-state index contributed by atoms with van der Waals surface area (Å²) < 4.78 is 5.41. The van der Waals surface area contributed by atoms with E-state index in [0.717, 1.165) is 19.3 Å². The van der Waals surface area contributed by atoms with Crippen LogP contribution in [0.2, 0.25) is 0 Å². The van der Waals surface area contributed by atoms with Crippen LogP contribution in [0.1, 0.15) is 45.4 Å². The number of aliphatic hydroxyl groups is 3.